The Bertz CT molecular complexity index is 394. The van der Waals surface area contributed by atoms with Crippen molar-refractivity contribution in [3.8, 4) is 0 Å². The molecule has 0 heterocycles. The largest absolute Gasteiger partial charge is 0.466 e. The molecule has 0 bridgehead atoms. The van der Waals surface area contributed by atoms with E-state index < -0.39 is 6.09 Å². The second kappa shape index (κ2) is 7.09. The molecule has 1 N–H and O–H groups in total. The predicted octanol–water partition coefficient (Wildman–Crippen LogP) is 2.89. The minimum absolute atomic E-state index is 0.0154. The van der Waals surface area contributed by atoms with Crippen LogP contribution >= 0.6 is 23.8 Å². The fourth-order valence-corrected chi connectivity index (χ4v) is 1.28. The molecular weight excluding hydrogens is 262 g/mol. The zero-order chi connectivity index (χ0) is 12.7. The smallest absolute Gasteiger partial charge is 0.414 e. The van der Waals surface area contributed by atoms with Gasteiger partial charge in [0, 0.05) is 5.02 Å². The third kappa shape index (κ3) is 5.51. The van der Waals surface area contributed by atoms with Crippen LogP contribution in [0.3, 0.4) is 0 Å². The lowest BCUT2D eigenvalue weighted by atomic mass is 10.2. The Kier molecular flexibility index (Phi) is 5.72. The van der Waals surface area contributed by atoms with E-state index in [0.717, 1.165) is 5.56 Å². The highest BCUT2D eigenvalue weighted by Gasteiger charge is 2.05. The monoisotopic (exact) mass is 273 g/mol. The van der Waals surface area contributed by atoms with Gasteiger partial charge < -0.3 is 9.47 Å². The summed E-state index contributed by atoms with van der Waals surface area (Å²) in [5.74, 6) is 0. The van der Waals surface area contributed by atoms with Crippen molar-refractivity contribution in [3.63, 3.8) is 0 Å². The lowest BCUT2D eigenvalue weighted by molar-refractivity contribution is 0.154. The molecule has 4 nitrogen and oxygen atoms in total. The van der Waals surface area contributed by atoms with E-state index in [2.05, 4.69) is 10.1 Å². The first-order valence-electron chi connectivity index (χ1n) is 4.96. The number of carbonyl (C=O) groups is 1. The van der Waals surface area contributed by atoms with Crippen LogP contribution in [0.25, 0.3) is 0 Å². The molecule has 0 aromatic heterocycles. The number of rotatable bonds is 3. The summed E-state index contributed by atoms with van der Waals surface area (Å²) in [6.45, 7) is 2.26. The maximum Gasteiger partial charge on any atom is 0.414 e. The lowest BCUT2D eigenvalue weighted by Crippen LogP contribution is -2.31. The topological polar surface area (TPSA) is 47.6 Å². The highest BCUT2D eigenvalue weighted by Crippen LogP contribution is 2.10. The van der Waals surface area contributed by atoms with Gasteiger partial charge in [0.25, 0.3) is 5.17 Å². The van der Waals surface area contributed by atoms with Crippen molar-refractivity contribution in [3.05, 3.63) is 34.9 Å². The fraction of sp³-hybridized carbons (Fsp3) is 0.273. The van der Waals surface area contributed by atoms with Gasteiger partial charge in [0.05, 0.1) is 6.61 Å². The van der Waals surface area contributed by atoms with E-state index in [1.165, 1.54) is 0 Å². The van der Waals surface area contributed by atoms with Gasteiger partial charge in [0.2, 0.25) is 0 Å². The molecule has 0 unspecified atom stereocenters. The molecule has 0 atom stereocenters. The Balaban J connectivity index is 2.33. The highest BCUT2D eigenvalue weighted by atomic mass is 35.5. The van der Waals surface area contributed by atoms with Crippen LogP contribution in [-0.2, 0) is 16.1 Å². The summed E-state index contributed by atoms with van der Waals surface area (Å²) >= 11 is 10.5. The maximum absolute atomic E-state index is 11.0. The van der Waals surface area contributed by atoms with Crippen molar-refractivity contribution < 1.29 is 14.3 Å². The average Bonchev–Trinajstić information content (AvgIpc) is 2.28. The van der Waals surface area contributed by atoms with E-state index in [4.69, 9.17) is 28.6 Å². The van der Waals surface area contributed by atoms with E-state index in [-0.39, 0.29) is 18.4 Å². The Labute approximate surface area is 110 Å². The molecule has 0 saturated heterocycles. The van der Waals surface area contributed by atoms with Crippen LogP contribution in [0.4, 0.5) is 4.79 Å². The minimum atomic E-state index is -0.617. The summed E-state index contributed by atoms with van der Waals surface area (Å²) in [5.41, 5.74) is 0.905. The molecule has 0 aliphatic heterocycles. The van der Waals surface area contributed by atoms with Crippen molar-refractivity contribution in [2.45, 2.75) is 13.5 Å². The predicted molar refractivity (Wildman–Crippen MR) is 69.0 cm³/mol. The van der Waals surface area contributed by atoms with Gasteiger partial charge in [-0.2, -0.15) is 0 Å². The molecule has 0 spiro atoms. The molecule has 0 radical (unpaired) electrons. The maximum atomic E-state index is 11.0. The first-order chi connectivity index (χ1) is 8.11. The summed E-state index contributed by atoms with van der Waals surface area (Å²) in [7, 11) is 0. The van der Waals surface area contributed by atoms with E-state index in [0.29, 0.717) is 5.02 Å². The van der Waals surface area contributed by atoms with Crippen LogP contribution in [-0.4, -0.2) is 17.9 Å². The molecular formula is C11H12ClNO3S. The SMILES string of the molecule is CCOC(=O)NC(=S)OCc1ccc(Cl)cc1. The first-order valence-corrected chi connectivity index (χ1v) is 5.75. The molecule has 1 aromatic rings. The second-order valence-corrected chi connectivity index (χ2v) is 3.86. The number of alkyl carbamates (subject to hydrolysis) is 1. The Hall–Kier alpha value is -1.33. The molecule has 0 aliphatic rings. The summed E-state index contributed by atoms with van der Waals surface area (Å²) < 4.78 is 9.81. The number of benzene rings is 1. The molecule has 17 heavy (non-hydrogen) atoms. The number of amides is 1. The highest BCUT2D eigenvalue weighted by molar-refractivity contribution is 7.80. The summed E-state index contributed by atoms with van der Waals surface area (Å²) in [5, 5.41) is 2.92. The van der Waals surface area contributed by atoms with Crippen LogP contribution in [0.2, 0.25) is 5.02 Å². The standard InChI is InChI=1S/C11H12ClNO3S/c1-2-15-10(14)13-11(17)16-7-8-3-5-9(12)6-4-8/h3-6H,2,7H2,1H3,(H,13,14,17). The summed E-state index contributed by atoms with van der Waals surface area (Å²) in [4.78, 5) is 11.0. The van der Waals surface area contributed by atoms with E-state index >= 15 is 0 Å². The third-order valence-corrected chi connectivity index (χ3v) is 2.23. The van der Waals surface area contributed by atoms with Gasteiger partial charge in [-0.1, -0.05) is 23.7 Å². The van der Waals surface area contributed by atoms with Crippen LogP contribution in [0.5, 0.6) is 0 Å². The molecule has 0 fully saturated rings. The van der Waals surface area contributed by atoms with Crippen LogP contribution in [0.15, 0.2) is 24.3 Å². The van der Waals surface area contributed by atoms with Crippen molar-refractivity contribution in [1.82, 2.24) is 5.32 Å². The Morgan fingerprint density at radius 3 is 2.59 bits per heavy atom. The van der Waals surface area contributed by atoms with Gasteiger partial charge >= 0.3 is 6.09 Å². The Morgan fingerprint density at radius 1 is 1.35 bits per heavy atom. The molecule has 0 saturated carbocycles. The number of halogens is 1. The van der Waals surface area contributed by atoms with Gasteiger partial charge in [-0.25, -0.2) is 4.79 Å². The molecule has 1 aromatic carbocycles. The van der Waals surface area contributed by atoms with Crippen molar-refractivity contribution in [1.29, 1.82) is 0 Å². The number of thiocarbonyl (C=S) groups is 1. The van der Waals surface area contributed by atoms with Crippen molar-refractivity contribution in [2.75, 3.05) is 6.61 Å². The molecule has 0 aliphatic carbocycles. The molecule has 6 heteroatoms. The van der Waals surface area contributed by atoms with Gasteiger partial charge in [0.15, 0.2) is 0 Å². The second-order valence-electron chi connectivity index (χ2n) is 3.05. The van der Waals surface area contributed by atoms with Crippen molar-refractivity contribution >= 4 is 35.1 Å². The molecule has 92 valence electrons. The zero-order valence-electron chi connectivity index (χ0n) is 9.23. The van der Waals surface area contributed by atoms with E-state index in [1.54, 1.807) is 19.1 Å². The fourth-order valence-electron chi connectivity index (χ4n) is 1.02. The van der Waals surface area contributed by atoms with Gasteiger partial charge in [-0.05, 0) is 36.8 Å². The molecule has 1 rings (SSSR count). The van der Waals surface area contributed by atoms with Gasteiger partial charge in [-0.15, -0.1) is 0 Å². The summed E-state index contributed by atoms with van der Waals surface area (Å²) in [6, 6.07) is 7.13. The minimum Gasteiger partial charge on any atom is -0.466 e. The van der Waals surface area contributed by atoms with Crippen LogP contribution in [0, 0.1) is 0 Å². The van der Waals surface area contributed by atoms with Crippen LogP contribution < -0.4 is 5.32 Å². The van der Waals surface area contributed by atoms with Gasteiger partial charge in [-0.3, -0.25) is 5.32 Å². The number of nitrogens with one attached hydrogen (secondary N) is 1. The number of hydrogen-bond donors (Lipinski definition) is 1. The third-order valence-electron chi connectivity index (χ3n) is 1.76. The van der Waals surface area contributed by atoms with Crippen molar-refractivity contribution in [2.24, 2.45) is 0 Å². The lowest BCUT2D eigenvalue weighted by Gasteiger charge is -2.08. The number of hydrogen-bond acceptors (Lipinski definition) is 4. The average molecular weight is 274 g/mol. The number of ether oxygens (including phenoxy) is 2. The van der Waals surface area contributed by atoms with E-state index in [1.807, 2.05) is 12.1 Å². The van der Waals surface area contributed by atoms with Gasteiger partial charge in [0.1, 0.15) is 6.61 Å². The summed E-state index contributed by atoms with van der Waals surface area (Å²) in [6.07, 6.45) is -0.617. The molecule has 1 amide bonds. The normalized spacial score (nSPS) is 9.53. The number of carbonyl (C=O) groups excluding carboxylic acids is 1. The quantitative estimate of drug-likeness (QED) is 0.861. The first kappa shape index (κ1) is 13.7. The zero-order valence-corrected chi connectivity index (χ0v) is 10.8. The van der Waals surface area contributed by atoms with Crippen LogP contribution in [0.1, 0.15) is 12.5 Å². The van der Waals surface area contributed by atoms with E-state index in [9.17, 15) is 4.79 Å². The Morgan fingerprint density at radius 2 is 2.00 bits per heavy atom.